The number of rotatable bonds is 0. The summed E-state index contributed by atoms with van der Waals surface area (Å²) in [4.78, 5) is 0. The van der Waals surface area contributed by atoms with Gasteiger partial charge in [-0.3, -0.25) is 0 Å². The Bertz CT molecular complexity index is 320. The van der Waals surface area contributed by atoms with Crippen LogP contribution >= 0.6 is 70.6 Å². The van der Waals surface area contributed by atoms with E-state index in [2.05, 4.69) is 70.6 Å². The van der Waals surface area contributed by atoms with E-state index in [1.54, 1.807) is 0 Å². The van der Waals surface area contributed by atoms with E-state index in [1.807, 2.05) is 0 Å². The van der Waals surface area contributed by atoms with E-state index in [0.29, 0.717) is 8.16 Å². The van der Waals surface area contributed by atoms with Gasteiger partial charge in [0, 0.05) is 46.0 Å². The molecule has 152 valence electrons. The fraction of sp³-hybridized carbons (Fsp3) is 1.00. The van der Waals surface area contributed by atoms with Crippen molar-refractivity contribution < 1.29 is 0 Å². The van der Waals surface area contributed by atoms with Crippen molar-refractivity contribution in [1.82, 2.24) is 0 Å². The lowest BCUT2D eigenvalue weighted by atomic mass is 10.00. The molecule has 0 unspecified atom stereocenters. The van der Waals surface area contributed by atoms with Crippen molar-refractivity contribution in [2.45, 2.75) is 72.4 Å². The monoisotopic (exact) mass is 468 g/mol. The maximum Gasteiger partial charge on any atom is 0.0611 e. The Hall–Kier alpha value is 2.10. The van der Waals surface area contributed by atoms with Gasteiger partial charge in [0.25, 0.3) is 0 Å². The Kier molecular flexibility index (Phi) is 11.1. The van der Waals surface area contributed by atoms with Gasteiger partial charge in [-0.2, -0.15) is 23.5 Å². The van der Waals surface area contributed by atoms with E-state index < -0.39 is 0 Å². The molecule has 2 aliphatic carbocycles. The summed E-state index contributed by atoms with van der Waals surface area (Å²) in [5.41, 5.74) is 0. The highest BCUT2D eigenvalue weighted by Gasteiger charge is 2.34. The van der Waals surface area contributed by atoms with Crippen LogP contribution in [0.2, 0.25) is 0 Å². The van der Waals surface area contributed by atoms with Crippen LogP contribution in [0.5, 0.6) is 0 Å². The maximum absolute atomic E-state index is 2.32. The van der Waals surface area contributed by atoms with E-state index in [9.17, 15) is 0 Å². The molecule has 0 bridgehead atoms. The molecule has 3 fully saturated rings. The van der Waals surface area contributed by atoms with E-state index in [-0.39, 0.29) is 0 Å². The van der Waals surface area contributed by atoms with Crippen LogP contribution < -0.4 is 0 Å². The molecule has 2 spiro atoms. The van der Waals surface area contributed by atoms with Gasteiger partial charge in [-0.1, -0.05) is 38.5 Å². The van der Waals surface area contributed by atoms with Gasteiger partial charge in [0.2, 0.25) is 0 Å². The van der Waals surface area contributed by atoms with Crippen LogP contribution in [0.15, 0.2) is 0 Å². The zero-order valence-corrected chi connectivity index (χ0v) is 21.1. The summed E-state index contributed by atoms with van der Waals surface area (Å²) in [6, 6.07) is 0. The maximum atomic E-state index is 2.32. The summed E-state index contributed by atoms with van der Waals surface area (Å²) < 4.78 is 1.15. The Morgan fingerprint density at radius 2 is 0.654 bits per heavy atom. The fourth-order valence-electron chi connectivity index (χ4n) is 4.19. The van der Waals surface area contributed by atoms with Crippen molar-refractivity contribution in [1.29, 1.82) is 0 Å². The third-order valence-electron chi connectivity index (χ3n) is 5.60. The van der Waals surface area contributed by atoms with Gasteiger partial charge in [-0.15, -0.1) is 47.0 Å². The van der Waals surface area contributed by atoms with E-state index in [0.717, 1.165) is 0 Å². The Morgan fingerprint density at radius 1 is 0.346 bits per heavy atom. The zero-order chi connectivity index (χ0) is 18.0. The van der Waals surface area contributed by atoms with E-state index >= 15 is 0 Å². The van der Waals surface area contributed by atoms with E-state index in [4.69, 9.17) is 0 Å². The molecule has 1 saturated heterocycles. The van der Waals surface area contributed by atoms with Crippen molar-refractivity contribution in [2.24, 2.45) is 0 Å². The van der Waals surface area contributed by atoms with Crippen LogP contribution in [0, 0.1) is 0 Å². The molecule has 0 amide bonds. The largest absolute Gasteiger partial charge is 0.160 e. The Balaban J connectivity index is 1.48. The number of hydrogen-bond donors (Lipinski definition) is 0. The van der Waals surface area contributed by atoms with Gasteiger partial charge in [-0.05, 0) is 25.7 Å². The first-order chi connectivity index (χ1) is 12.8. The summed E-state index contributed by atoms with van der Waals surface area (Å²) in [6.45, 7) is 0. The SMILES string of the molecule is C1CCC2(CC1)SCCSCCSC1(CCCCC1)SCCSCCS2. The summed E-state index contributed by atoms with van der Waals surface area (Å²) in [5, 5.41) is 0. The summed E-state index contributed by atoms with van der Waals surface area (Å²) in [7, 11) is 0. The minimum Gasteiger partial charge on any atom is -0.160 e. The molecule has 0 nitrogen and oxygen atoms in total. The van der Waals surface area contributed by atoms with Crippen molar-refractivity contribution in [3.63, 3.8) is 0 Å². The number of hydrogen-bond acceptors (Lipinski definition) is 6. The van der Waals surface area contributed by atoms with Crippen LogP contribution in [0.25, 0.3) is 0 Å². The molecular weight excluding hydrogens is 433 g/mol. The molecule has 0 aromatic carbocycles. The smallest absolute Gasteiger partial charge is 0.0611 e. The standard InChI is InChI=1S/C20H36S6/c1-3-7-19(8-4-1)23-15-11-21-13-17-25-20(9-5-2-6-10-20)26-18-14-22-12-16-24-19/h1-18H2. The van der Waals surface area contributed by atoms with Gasteiger partial charge in [0.15, 0.2) is 0 Å². The Morgan fingerprint density at radius 3 is 0.962 bits per heavy atom. The Labute approximate surface area is 187 Å². The van der Waals surface area contributed by atoms with Gasteiger partial charge in [-0.25, -0.2) is 0 Å². The molecule has 6 heteroatoms. The van der Waals surface area contributed by atoms with Gasteiger partial charge in [0.1, 0.15) is 0 Å². The highest BCUT2D eigenvalue weighted by atomic mass is 32.2. The van der Waals surface area contributed by atoms with Gasteiger partial charge < -0.3 is 0 Å². The molecule has 0 atom stereocenters. The molecule has 2 saturated carbocycles. The van der Waals surface area contributed by atoms with Gasteiger partial charge >= 0.3 is 0 Å². The molecule has 3 rings (SSSR count). The quantitative estimate of drug-likeness (QED) is 0.354. The third kappa shape index (κ3) is 7.74. The highest BCUT2D eigenvalue weighted by Crippen LogP contribution is 2.50. The first-order valence-corrected chi connectivity index (χ1v) is 16.8. The van der Waals surface area contributed by atoms with Crippen LogP contribution in [0.3, 0.4) is 0 Å². The lowest BCUT2D eigenvalue weighted by Crippen LogP contribution is -2.26. The van der Waals surface area contributed by atoms with Gasteiger partial charge in [0.05, 0.1) is 8.16 Å². The molecule has 0 aromatic rings. The van der Waals surface area contributed by atoms with Crippen molar-refractivity contribution in [3.8, 4) is 0 Å². The van der Waals surface area contributed by atoms with Crippen LogP contribution in [0.4, 0.5) is 0 Å². The normalized spacial score (nSPS) is 29.5. The lowest BCUT2D eigenvalue weighted by molar-refractivity contribution is 0.491. The summed E-state index contributed by atoms with van der Waals surface area (Å²) >= 11 is 13.7. The predicted molar refractivity (Wildman–Crippen MR) is 136 cm³/mol. The van der Waals surface area contributed by atoms with Crippen molar-refractivity contribution in [2.75, 3.05) is 46.0 Å². The van der Waals surface area contributed by atoms with E-state index in [1.165, 1.54) is 110 Å². The third-order valence-corrected chi connectivity index (χ3v) is 15.4. The summed E-state index contributed by atoms with van der Waals surface area (Å²) in [6.07, 6.45) is 14.7. The first-order valence-electron chi connectivity index (χ1n) is 10.5. The zero-order valence-electron chi connectivity index (χ0n) is 16.2. The number of thioether (sulfide) groups is 6. The van der Waals surface area contributed by atoms with Crippen LogP contribution in [0.1, 0.15) is 64.2 Å². The average Bonchev–Trinajstić information content (AvgIpc) is 2.67. The summed E-state index contributed by atoms with van der Waals surface area (Å²) in [5.74, 6) is 10.9. The molecule has 0 radical (unpaired) electrons. The fourth-order valence-corrected chi connectivity index (χ4v) is 13.3. The van der Waals surface area contributed by atoms with Crippen LogP contribution in [-0.2, 0) is 0 Å². The molecule has 0 N–H and O–H groups in total. The molecule has 1 heterocycles. The topological polar surface area (TPSA) is 0 Å². The molecule has 3 aliphatic rings. The molecule has 0 aromatic heterocycles. The second kappa shape index (κ2) is 12.7. The second-order valence-electron chi connectivity index (χ2n) is 7.56. The first kappa shape index (κ1) is 22.8. The molecule has 26 heavy (non-hydrogen) atoms. The van der Waals surface area contributed by atoms with Crippen molar-refractivity contribution >= 4 is 70.6 Å². The second-order valence-corrected chi connectivity index (χ2v) is 16.4. The average molecular weight is 469 g/mol. The lowest BCUT2D eigenvalue weighted by Gasteiger charge is -2.37. The molecule has 1 aliphatic heterocycles. The minimum atomic E-state index is 0.575. The minimum absolute atomic E-state index is 0.575. The van der Waals surface area contributed by atoms with Crippen molar-refractivity contribution in [3.05, 3.63) is 0 Å². The van der Waals surface area contributed by atoms with Crippen LogP contribution in [-0.4, -0.2) is 54.2 Å². The molecular formula is C20H36S6. The predicted octanol–water partition coefficient (Wildman–Crippen LogP) is 7.72. The highest BCUT2D eigenvalue weighted by molar-refractivity contribution is 8.19.